The van der Waals surface area contributed by atoms with Gasteiger partial charge in [-0.15, -0.1) is 0 Å². The lowest BCUT2D eigenvalue weighted by Crippen LogP contribution is -2.52. The number of ether oxygens (including phenoxy) is 1. The molecule has 1 aromatic rings. The smallest absolute Gasteiger partial charge is 0.308 e. The Labute approximate surface area is 169 Å². The fraction of sp³-hybridized carbons (Fsp3) is 0.500. The summed E-state index contributed by atoms with van der Waals surface area (Å²) in [7, 11) is 0. The Morgan fingerprint density at radius 1 is 1.21 bits per heavy atom. The van der Waals surface area contributed by atoms with Crippen molar-refractivity contribution in [2.45, 2.75) is 57.1 Å². The molecule has 2 amide bonds. The number of benzene rings is 1. The van der Waals surface area contributed by atoms with Crippen LogP contribution in [0.25, 0.3) is 0 Å². The monoisotopic (exact) mass is 405 g/mol. The van der Waals surface area contributed by atoms with E-state index in [1.807, 2.05) is 0 Å². The van der Waals surface area contributed by atoms with Crippen molar-refractivity contribution in [3.63, 3.8) is 0 Å². The lowest BCUT2D eigenvalue weighted by atomic mass is 9.83. The van der Waals surface area contributed by atoms with Crippen molar-refractivity contribution in [3.8, 4) is 6.07 Å². The molecule has 150 valence electrons. The van der Waals surface area contributed by atoms with Crippen LogP contribution in [-0.4, -0.2) is 36.0 Å². The highest BCUT2D eigenvalue weighted by atomic mass is 35.5. The fourth-order valence-corrected chi connectivity index (χ4v) is 3.17. The lowest BCUT2D eigenvalue weighted by Gasteiger charge is -2.32. The molecule has 0 aromatic heterocycles. The molecular formula is C20H24ClN3O4. The van der Waals surface area contributed by atoms with Crippen molar-refractivity contribution in [1.82, 2.24) is 10.6 Å². The third-order valence-electron chi connectivity index (χ3n) is 4.68. The number of hydrogen-bond donors (Lipinski definition) is 2. The predicted molar refractivity (Wildman–Crippen MR) is 104 cm³/mol. The largest absolute Gasteiger partial charge is 0.452 e. The van der Waals surface area contributed by atoms with Gasteiger partial charge in [-0.3, -0.25) is 14.4 Å². The summed E-state index contributed by atoms with van der Waals surface area (Å²) in [5, 5.41) is 15.3. The summed E-state index contributed by atoms with van der Waals surface area (Å²) in [6.45, 7) is 1.55. The molecule has 0 aliphatic heterocycles. The van der Waals surface area contributed by atoms with Crippen molar-refractivity contribution < 1.29 is 19.1 Å². The van der Waals surface area contributed by atoms with E-state index in [-0.39, 0.29) is 18.9 Å². The number of nitriles is 1. The molecule has 8 heteroatoms. The number of halogens is 1. The van der Waals surface area contributed by atoms with E-state index in [0.29, 0.717) is 23.4 Å². The summed E-state index contributed by atoms with van der Waals surface area (Å²) in [5.41, 5.74) is -0.442. The topological polar surface area (TPSA) is 108 Å². The van der Waals surface area contributed by atoms with E-state index < -0.39 is 23.5 Å². The molecule has 1 aliphatic carbocycles. The van der Waals surface area contributed by atoms with Gasteiger partial charge in [-0.05, 0) is 44.0 Å². The normalized spacial score (nSPS) is 16.3. The van der Waals surface area contributed by atoms with Crippen LogP contribution in [0.3, 0.4) is 0 Å². The first-order valence-corrected chi connectivity index (χ1v) is 9.69. The predicted octanol–water partition coefficient (Wildman–Crippen LogP) is 2.73. The van der Waals surface area contributed by atoms with Crippen LogP contribution >= 0.6 is 11.6 Å². The average Bonchev–Trinajstić information content (AvgIpc) is 2.69. The molecule has 1 saturated carbocycles. The van der Waals surface area contributed by atoms with Gasteiger partial charge in [0.1, 0.15) is 5.54 Å². The molecule has 1 aromatic carbocycles. The van der Waals surface area contributed by atoms with Crippen LogP contribution in [0.4, 0.5) is 0 Å². The zero-order valence-corrected chi connectivity index (χ0v) is 16.6. The number of carbonyl (C=O) groups is 3. The number of esters is 1. The van der Waals surface area contributed by atoms with Gasteiger partial charge in [0.25, 0.3) is 11.8 Å². The van der Waals surface area contributed by atoms with Crippen molar-refractivity contribution in [2.75, 3.05) is 6.54 Å². The summed E-state index contributed by atoms with van der Waals surface area (Å²) in [5.74, 6) is -1.42. The first-order chi connectivity index (χ1) is 13.3. The Morgan fingerprint density at radius 2 is 1.86 bits per heavy atom. The number of hydrogen-bond acceptors (Lipinski definition) is 5. The van der Waals surface area contributed by atoms with E-state index in [4.69, 9.17) is 16.3 Å². The average molecular weight is 406 g/mol. The Bertz CT molecular complexity index is 752. The number of nitrogens with zero attached hydrogens (tertiary/aromatic N) is 1. The van der Waals surface area contributed by atoms with Crippen molar-refractivity contribution in [3.05, 3.63) is 34.9 Å². The second-order valence-corrected chi connectivity index (χ2v) is 7.33. The Kier molecular flexibility index (Phi) is 7.82. The summed E-state index contributed by atoms with van der Waals surface area (Å²) in [4.78, 5) is 36.2. The van der Waals surface area contributed by atoms with Gasteiger partial charge in [-0.1, -0.05) is 30.9 Å². The first-order valence-electron chi connectivity index (χ1n) is 9.32. The molecule has 1 atom stereocenters. The van der Waals surface area contributed by atoms with Crippen LogP contribution in [0.15, 0.2) is 24.3 Å². The third-order valence-corrected chi connectivity index (χ3v) is 4.93. The van der Waals surface area contributed by atoms with Gasteiger partial charge in [-0.2, -0.15) is 5.26 Å². The molecule has 7 nitrogen and oxygen atoms in total. The molecule has 0 radical (unpaired) electrons. The van der Waals surface area contributed by atoms with Crippen LogP contribution in [0, 0.1) is 11.3 Å². The minimum absolute atomic E-state index is 0.0691. The molecule has 1 aliphatic rings. The van der Waals surface area contributed by atoms with E-state index in [2.05, 4.69) is 16.7 Å². The van der Waals surface area contributed by atoms with E-state index in [9.17, 15) is 19.6 Å². The second-order valence-electron chi connectivity index (χ2n) is 6.89. The molecule has 0 spiro atoms. The number of carbonyl (C=O) groups excluding carboxylic acids is 3. The standard InChI is InChI=1S/C20H24ClN3O4/c1-14(18(26)24-20(13-22)10-3-2-4-11-20)28-17(25)9-12-23-19(27)15-5-7-16(21)8-6-15/h5-8,14H,2-4,9-12H2,1H3,(H,23,27)(H,24,26)/t14-/m0/s1. The number of nitrogens with one attached hydrogen (secondary N) is 2. The maximum atomic E-state index is 12.3. The van der Waals surface area contributed by atoms with E-state index in [0.717, 1.165) is 19.3 Å². The summed E-state index contributed by atoms with van der Waals surface area (Å²) in [6, 6.07) is 8.56. The number of rotatable bonds is 7. The maximum absolute atomic E-state index is 12.3. The van der Waals surface area contributed by atoms with Crippen LogP contribution in [0.1, 0.15) is 55.8 Å². The SMILES string of the molecule is C[C@H](OC(=O)CCNC(=O)c1ccc(Cl)cc1)C(=O)NC1(C#N)CCCCC1. The third kappa shape index (κ3) is 6.24. The molecule has 2 rings (SSSR count). The zero-order chi connectivity index (χ0) is 20.6. The molecular weight excluding hydrogens is 382 g/mol. The molecule has 2 N–H and O–H groups in total. The molecule has 0 bridgehead atoms. The lowest BCUT2D eigenvalue weighted by molar-refractivity contribution is -0.155. The maximum Gasteiger partial charge on any atom is 0.308 e. The van der Waals surface area contributed by atoms with E-state index in [1.165, 1.54) is 6.92 Å². The minimum Gasteiger partial charge on any atom is -0.452 e. The number of amides is 2. The highest BCUT2D eigenvalue weighted by molar-refractivity contribution is 6.30. The van der Waals surface area contributed by atoms with Gasteiger partial charge in [0, 0.05) is 17.1 Å². The van der Waals surface area contributed by atoms with Crippen molar-refractivity contribution >= 4 is 29.4 Å². The van der Waals surface area contributed by atoms with Crippen LogP contribution in [0.2, 0.25) is 5.02 Å². The highest BCUT2D eigenvalue weighted by Crippen LogP contribution is 2.27. The molecule has 0 unspecified atom stereocenters. The molecule has 0 saturated heterocycles. The van der Waals surface area contributed by atoms with Gasteiger partial charge < -0.3 is 15.4 Å². The van der Waals surface area contributed by atoms with Crippen molar-refractivity contribution in [1.29, 1.82) is 5.26 Å². The quantitative estimate of drug-likeness (QED) is 0.678. The summed E-state index contributed by atoms with van der Waals surface area (Å²) < 4.78 is 5.12. The van der Waals surface area contributed by atoms with Gasteiger partial charge in [0.2, 0.25) is 0 Å². The zero-order valence-electron chi connectivity index (χ0n) is 15.8. The van der Waals surface area contributed by atoms with Crippen LogP contribution in [-0.2, 0) is 14.3 Å². The fourth-order valence-electron chi connectivity index (χ4n) is 3.05. The van der Waals surface area contributed by atoms with Crippen molar-refractivity contribution in [2.24, 2.45) is 0 Å². The van der Waals surface area contributed by atoms with Crippen LogP contribution < -0.4 is 10.6 Å². The molecule has 0 heterocycles. The minimum atomic E-state index is -1.01. The van der Waals surface area contributed by atoms with Gasteiger partial charge in [0.05, 0.1) is 12.5 Å². The Balaban J connectivity index is 1.74. The Morgan fingerprint density at radius 3 is 2.46 bits per heavy atom. The van der Waals surface area contributed by atoms with Gasteiger partial charge >= 0.3 is 5.97 Å². The van der Waals surface area contributed by atoms with E-state index >= 15 is 0 Å². The first kappa shape index (κ1) is 21.7. The second kappa shape index (κ2) is 10.1. The molecule has 28 heavy (non-hydrogen) atoms. The molecule has 1 fully saturated rings. The van der Waals surface area contributed by atoms with Gasteiger partial charge in [-0.25, -0.2) is 0 Å². The van der Waals surface area contributed by atoms with Crippen LogP contribution in [0.5, 0.6) is 0 Å². The van der Waals surface area contributed by atoms with Gasteiger partial charge in [0.15, 0.2) is 6.10 Å². The highest BCUT2D eigenvalue weighted by Gasteiger charge is 2.35. The van der Waals surface area contributed by atoms with E-state index in [1.54, 1.807) is 24.3 Å². The summed E-state index contributed by atoms with van der Waals surface area (Å²) in [6.07, 6.45) is 2.95. The Hall–Kier alpha value is -2.59. The summed E-state index contributed by atoms with van der Waals surface area (Å²) >= 11 is 5.77.